The minimum atomic E-state index is -4.50. The largest absolute Gasteiger partial charge is 0.417 e. The average molecular weight is 427 g/mol. The Morgan fingerprint density at radius 3 is 2.00 bits per heavy atom. The van der Waals surface area contributed by atoms with Crippen LogP contribution < -0.4 is 4.90 Å². The van der Waals surface area contributed by atoms with Crippen LogP contribution in [-0.2, 0) is 16.4 Å². The van der Waals surface area contributed by atoms with Crippen molar-refractivity contribution >= 4 is 27.6 Å². The van der Waals surface area contributed by atoms with E-state index in [9.17, 15) is 21.6 Å². The number of aromatic nitrogens is 1. The van der Waals surface area contributed by atoms with Crippen molar-refractivity contribution in [3.05, 3.63) is 22.8 Å². The molecule has 0 aromatic carbocycles. The molecule has 0 unspecified atom stereocenters. The van der Waals surface area contributed by atoms with Gasteiger partial charge in [0.05, 0.1) is 10.6 Å². The number of hydrogen-bond acceptors (Lipinski definition) is 4. The number of alkyl halides is 3. The van der Waals surface area contributed by atoms with Crippen LogP contribution >= 0.6 is 11.6 Å². The number of anilines is 1. The van der Waals surface area contributed by atoms with Gasteiger partial charge in [-0.2, -0.15) is 30.2 Å². The lowest BCUT2D eigenvalue weighted by Gasteiger charge is -2.37. The first-order valence-electron chi connectivity index (χ1n) is 8.92. The number of nitrogens with zero attached hydrogens (tertiary/aromatic N) is 4. The summed E-state index contributed by atoms with van der Waals surface area (Å²) < 4.78 is 66.8. The SMILES string of the molecule is O=S(=O)(N1CCCCCC1)N1CCN(c2ncc(C(F)(F)F)cc2Cl)CC1. The predicted molar refractivity (Wildman–Crippen MR) is 97.0 cm³/mol. The molecule has 0 aliphatic carbocycles. The zero-order valence-electron chi connectivity index (χ0n) is 14.8. The van der Waals surface area contributed by atoms with E-state index in [0.717, 1.165) is 37.9 Å². The molecule has 6 nitrogen and oxygen atoms in total. The van der Waals surface area contributed by atoms with Crippen molar-refractivity contribution < 1.29 is 21.6 Å². The molecule has 2 aliphatic heterocycles. The summed E-state index contributed by atoms with van der Waals surface area (Å²) in [5.41, 5.74) is -0.904. The van der Waals surface area contributed by atoms with Crippen LogP contribution in [0.4, 0.5) is 19.0 Å². The number of pyridine rings is 1. The van der Waals surface area contributed by atoms with Crippen LogP contribution in [0.3, 0.4) is 0 Å². The van der Waals surface area contributed by atoms with Gasteiger partial charge in [0.2, 0.25) is 0 Å². The van der Waals surface area contributed by atoms with Crippen molar-refractivity contribution in [2.24, 2.45) is 0 Å². The van der Waals surface area contributed by atoms with Crippen LogP contribution in [0.1, 0.15) is 31.2 Å². The highest BCUT2D eigenvalue weighted by Crippen LogP contribution is 2.34. The second kappa shape index (κ2) is 8.10. The van der Waals surface area contributed by atoms with Crippen molar-refractivity contribution in [3.8, 4) is 0 Å². The lowest BCUT2D eigenvalue weighted by atomic mass is 10.2. The lowest BCUT2D eigenvalue weighted by Crippen LogP contribution is -2.53. The molecule has 0 spiro atoms. The number of rotatable bonds is 3. The molecule has 0 N–H and O–H groups in total. The third-order valence-corrected chi connectivity index (χ3v) is 7.22. The highest BCUT2D eigenvalue weighted by atomic mass is 35.5. The molecule has 1 aromatic heterocycles. The third-order valence-electron chi connectivity index (χ3n) is 4.90. The molecule has 2 saturated heterocycles. The van der Waals surface area contributed by atoms with Gasteiger partial charge in [-0.25, -0.2) is 4.98 Å². The van der Waals surface area contributed by atoms with Crippen molar-refractivity contribution in [1.82, 2.24) is 13.6 Å². The second-order valence-electron chi connectivity index (χ2n) is 6.73. The van der Waals surface area contributed by atoms with Crippen LogP contribution in [0.15, 0.2) is 12.3 Å². The van der Waals surface area contributed by atoms with Gasteiger partial charge in [0.25, 0.3) is 10.2 Å². The van der Waals surface area contributed by atoms with Crippen LogP contribution in [0.5, 0.6) is 0 Å². The summed E-state index contributed by atoms with van der Waals surface area (Å²) in [7, 11) is -3.51. The smallest absolute Gasteiger partial charge is 0.353 e. The molecule has 0 atom stereocenters. The summed E-state index contributed by atoms with van der Waals surface area (Å²) in [5, 5.41) is -0.0892. The molecule has 0 amide bonds. The zero-order valence-corrected chi connectivity index (χ0v) is 16.3. The highest BCUT2D eigenvalue weighted by molar-refractivity contribution is 7.86. The first-order valence-corrected chi connectivity index (χ1v) is 10.7. The maximum atomic E-state index is 12.8. The Morgan fingerprint density at radius 1 is 0.926 bits per heavy atom. The molecule has 0 bridgehead atoms. The molecule has 2 fully saturated rings. The van der Waals surface area contributed by atoms with E-state index in [4.69, 9.17) is 11.6 Å². The predicted octanol–water partition coefficient (Wildman–Crippen LogP) is 3.00. The molecule has 27 heavy (non-hydrogen) atoms. The first-order chi connectivity index (χ1) is 12.7. The van der Waals surface area contributed by atoms with Crippen molar-refractivity contribution in [2.75, 3.05) is 44.2 Å². The monoisotopic (exact) mass is 426 g/mol. The Morgan fingerprint density at radius 2 is 1.48 bits per heavy atom. The van der Waals surface area contributed by atoms with E-state index >= 15 is 0 Å². The van der Waals surface area contributed by atoms with E-state index < -0.39 is 21.9 Å². The van der Waals surface area contributed by atoms with Gasteiger partial charge in [0.1, 0.15) is 5.82 Å². The van der Waals surface area contributed by atoms with E-state index in [0.29, 0.717) is 26.2 Å². The molecule has 0 radical (unpaired) electrons. The quantitative estimate of drug-likeness (QED) is 0.745. The van der Waals surface area contributed by atoms with Crippen molar-refractivity contribution in [3.63, 3.8) is 0 Å². The van der Waals surface area contributed by atoms with Gasteiger partial charge in [-0.15, -0.1) is 0 Å². The van der Waals surface area contributed by atoms with Gasteiger partial charge < -0.3 is 4.90 Å². The molecular weight excluding hydrogens is 405 g/mol. The van der Waals surface area contributed by atoms with E-state index in [1.54, 1.807) is 9.21 Å². The maximum Gasteiger partial charge on any atom is 0.417 e. The number of halogens is 4. The summed E-state index contributed by atoms with van der Waals surface area (Å²) in [4.78, 5) is 5.57. The Labute approximate surface area is 162 Å². The minimum absolute atomic E-state index is 0.0892. The third kappa shape index (κ3) is 4.67. The molecule has 1 aromatic rings. The zero-order chi connectivity index (χ0) is 19.7. The molecule has 2 aliphatic rings. The number of piperazine rings is 1. The summed E-state index contributed by atoms with van der Waals surface area (Å²) in [6.07, 6.45) is 0.0565. The van der Waals surface area contributed by atoms with Gasteiger partial charge in [-0.3, -0.25) is 0 Å². The summed E-state index contributed by atoms with van der Waals surface area (Å²) in [6, 6.07) is 0.851. The molecular formula is C16H22ClF3N4O2S. The van der Waals surface area contributed by atoms with Crippen LogP contribution in [0.2, 0.25) is 5.02 Å². The maximum absolute atomic E-state index is 12.8. The summed E-state index contributed by atoms with van der Waals surface area (Å²) in [6.45, 7) is 2.22. The lowest BCUT2D eigenvalue weighted by molar-refractivity contribution is -0.137. The molecule has 3 rings (SSSR count). The Balaban J connectivity index is 1.66. The van der Waals surface area contributed by atoms with E-state index in [-0.39, 0.29) is 23.9 Å². The van der Waals surface area contributed by atoms with E-state index in [2.05, 4.69) is 4.98 Å². The van der Waals surface area contributed by atoms with Gasteiger partial charge in [-0.1, -0.05) is 24.4 Å². The minimum Gasteiger partial charge on any atom is -0.353 e. The fraction of sp³-hybridized carbons (Fsp3) is 0.688. The molecule has 152 valence electrons. The van der Waals surface area contributed by atoms with Gasteiger partial charge in [0.15, 0.2) is 0 Å². The summed E-state index contributed by atoms with van der Waals surface area (Å²) in [5.74, 6) is 0.247. The summed E-state index contributed by atoms with van der Waals surface area (Å²) >= 11 is 5.99. The van der Waals surface area contributed by atoms with Crippen molar-refractivity contribution in [1.29, 1.82) is 0 Å². The first kappa shape index (κ1) is 20.6. The highest BCUT2D eigenvalue weighted by Gasteiger charge is 2.35. The molecule has 3 heterocycles. The standard InChI is InChI=1S/C16H22ClF3N4O2S/c17-14-11-13(16(18,19)20)12-21-15(14)22-7-9-24(10-8-22)27(25,26)23-5-3-1-2-4-6-23/h11-12H,1-10H2. The Kier molecular flexibility index (Phi) is 6.19. The number of hydrogen-bond donors (Lipinski definition) is 0. The fourth-order valence-corrected chi connectivity index (χ4v) is 5.34. The normalized spacial score (nSPS) is 21.3. The van der Waals surface area contributed by atoms with Gasteiger partial charge in [0, 0.05) is 45.5 Å². The Hall–Kier alpha value is -1.10. The van der Waals surface area contributed by atoms with Crippen LogP contribution in [0, 0.1) is 0 Å². The van der Waals surface area contributed by atoms with Crippen LogP contribution in [-0.4, -0.2) is 61.3 Å². The topological polar surface area (TPSA) is 56.8 Å². The van der Waals surface area contributed by atoms with Gasteiger partial charge >= 0.3 is 6.18 Å². The van der Waals surface area contributed by atoms with E-state index in [1.165, 1.54) is 4.31 Å². The molecule has 0 saturated carbocycles. The average Bonchev–Trinajstić information content (AvgIpc) is 2.91. The van der Waals surface area contributed by atoms with E-state index in [1.807, 2.05) is 0 Å². The molecule has 11 heteroatoms. The van der Waals surface area contributed by atoms with Gasteiger partial charge in [-0.05, 0) is 18.9 Å². The van der Waals surface area contributed by atoms with Crippen molar-refractivity contribution in [2.45, 2.75) is 31.9 Å². The van der Waals surface area contributed by atoms with Crippen LogP contribution in [0.25, 0.3) is 0 Å². The second-order valence-corrected chi connectivity index (χ2v) is 9.07. The fourth-order valence-electron chi connectivity index (χ4n) is 3.38. The Bertz CT molecular complexity index is 759.